The van der Waals surface area contributed by atoms with Gasteiger partial charge in [-0.2, -0.15) is 0 Å². The van der Waals surface area contributed by atoms with E-state index in [9.17, 15) is 33.9 Å². The van der Waals surface area contributed by atoms with Gasteiger partial charge in [-0.25, -0.2) is 9.59 Å². The van der Waals surface area contributed by atoms with Gasteiger partial charge in [0.1, 0.15) is 0 Å². The number of carboxylic acid groups (broad SMARTS) is 1. The van der Waals surface area contributed by atoms with Gasteiger partial charge in [0.25, 0.3) is 0 Å². The molecule has 12 nitrogen and oxygen atoms in total. The van der Waals surface area contributed by atoms with Gasteiger partial charge in [-0.1, -0.05) is 15.9 Å². The third-order valence-corrected chi connectivity index (χ3v) is 5.02. The third-order valence-electron chi connectivity index (χ3n) is 4.33. The number of amides is 4. The number of ether oxygens (including phenoxy) is 2. The molecule has 32 heavy (non-hydrogen) atoms. The molecule has 2 rings (SSSR count). The van der Waals surface area contributed by atoms with Crippen LogP contribution < -0.4 is 14.8 Å². The van der Waals surface area contributed by atoms with Crippen molar-refractivity contribution >= 4 is 51.7 Å². The molecule has 1 saturated heterocycles. The van der Waals surface area contributed by atoms with E-state index in [0.717, 1.165) is 19.9 Å². The van der Waals surface area contributed by atoms with Gasteiger partial charge in [-0.15, -0.1) is 0 Å². The van der Waals surface area contributed by atoms with Crippen molar-refractivity contribution < 1.29 is 43.3 Å². The number of piperazine rings is 1. The average molecular weight is 514 g/mol. The standard InChI is InChI=1S/C19H20BrN3O9/c1-4-22-5-6-23(17(27)16(22)26)19(30)21-15(18(28)29)11-7-13(31-9(2)24)14(8-12(11)20)32-10(3)25/h7-8,15H,4-6H2,1-3H3,(H,21,30)(H,28,29). The number of urea groups is 1. The first-order chi connectivity index (χ1) is 15.0. The minimum atomic E-state index is -1.70. The molecule has 1 atom stereocenters. The van der Waals surface area contributed by atoms with E-state index < -0.39 is 41.8 Å². The number of likely N-dealkylation sites (N-methyl/N-ethyl adjacent to an activating group) is 1. The maximum Gasteiger partial charge on any atom is 0.331 e. The molecule has 0 saturated carbocycles. The minimum absolute atomic E-state index is 0.0658. The van der Waals surface area contributed by atoms with Crippen molar-refractivity contribution in [3.8, 4) is 11.5 Å². The summed E-state index contributed by atoms with van der Waals surface area (Å²) in [6.07, 6.45) is 0. The van der Waals surface area contributed by atoms with Crippen LogP contribution in [-0.4, -0.2) is 70.3 Å². The number of hydrogen-bond acceptors (Lipinski definition) is 8. The first kappa shape index (κ1) is 24.8. The highest BCUT2D eigenvalue weighted by Crippen LogP contribution is 2.37. The van der Waals surface area contributed by atoms with Crippen molar-refractivity contribution in [1.29, 1.82) is 0 Å². The molecule has 1 aliphatic rings. The molecule has 0 aromatic heterocycles. The van der Waals surface area contributed by atoms with Crippen molar-refractivity contribution in [1.82, 2.24) is 15.1 Å². The number of carboxylic acids is 1. The van der Waals surface area contributed by atoms with E-state index in [-0.39, 0.29) is 34.6 Å². The highest BCUT2D eigenvalue weighted by molar-refractivity contribution is 9.10. The van der Waals surface area contributed by atoms with Gasteiger partial charge < -0.3 is 24.8 Å². The summed E-state index contributed by atoms with van der Waals surface area (Å²) >= 11 is 3.14. The number of aliphatic carboxylic acids is 1. The van der Waals surface area contributed by atoms with E-state index in [0.29, 0.717) is 11.4 Å². The Bertz CT molecular complexity index is 995. The molecule has 1 fully saturated rings. The summed E-state index contributed by atoms with van der Waals surface area (Å²) in [5.41, 5.74) is -0.0658. The molecule has 0 aliphatic carbocycles. The fraction of sp³-hybridized carbons (Fsp3) is 0.368. The topological polar surface area (TPSA) is 160 Å². The lowest BCUT2D eigenvalue weighted by Gasteiger charge is -2.32. The van der Waals surface area contributed by atoms with Crippen LogP contribution in [0.15, 0.2) is 16.6 Å². The maximum atomic E-state index is 12.6. The van der Waals surface area contributed by atoms with E-state index in [1.807, 2.05) is 0 Å². The molecule has 1 aliphatic heterocycles. The molecule has 1 aromatic rings. The van der Waals surface area contributed by atoms with Crippen LogP contribution >= 0.6 is 15.9 Å². The summed E-state index contributed by atoms with van der Waals surface area (Å²) in [4.78, 5) is 73.4. The zero-order valence-corrected chi connectivity index (χ0v) is 18.9. The van der Waals surface area contributed by atoms with Crippen LogP contribution in [-0.2, 0) is 24.0 Å². The van der Waals surface area contributed by atoms with Gasteiger partial charge in [0.05, 0.1) is 0 Å². The summed E-state index contributed by atoms with van der Waals surface area (Å²) in [5.74, 6) is -5.34. The normalized spacial score (nSPS) is 14.6. The van der Waals surface area contributed by atoms with Crippen LogP contribution in [0.2, 0.25) is 0 Å². The number of nitrogens with one attached hydrogen (secondary N) is 1. The van der Waals surface area contributed by atoms with Gasteiger partial charge in [-0.3, -0.25) is 24.1 Å². The lowest BCUT2D eigenvalue weighted by Crippen LogP contribution is -2.58. The Hall–Kier alpha value is -3.48. The summed E-state index contributed by atoms with van der Waals surface area (Å²) in [5, 5.41) is 11.9. The number of carbonyl (C=O) groups excluding carboxylic acids is 5. The van der Waals surface area contributed by atoms with E-state index in [4.69, 9.17) is 9.47 Å². The molecule has 0 radical (unpaired) electrons. The number of rotatable bonds is 6. The smallest absolute Gasteiger partial charge is 0.331 e. The summed E-state index contributed by atoms with van der Waals surface area (Å²) in [6.45, 7) is 4.19. The predicted octanol–water partition coefficient (Wildman–Crippen LogP) is 0.826. The van der Waals surface area contributed by atoms with E-state index in [2.05, 4.69) is 21.2 Å². The molecule has 1 aromatic carbocycles. The van der Waals surface area contributed by atoms with Crippen LogP contribution in [0.4, 0.5) is 4.79 Å². The SMILES string of the molecule is CCN1CCN(C(=O)NC(C(=O)O)c2cc(OC(C)=O)c(OC(C)=O)cc2Br)C(=O)C1=O. The fourth-order valence-electron chi connectivity index (χ4n) is 2.89. The van der Waals surface area contributed by atoms with Crippen molar-refractivity contribution in [2.45, 2.75) is 26.8 Å². The van der Waals surface area contributed by atoms with Crippen molar-refractivity contribution in [2.24, 2.45) is 0 Å². The van der Waals surface area contributed by atoms with Crippen molar-refractivity contribution in [2.75, 3.05) is 19.6 Å². The minimum Gasteiger partial charge on any atom is -0.479 e. The highest BCUT2D eigenvalue weighted by Gasteiger charge is 2.37. The first-order valence-electron chi connectivity index (χ1n) is 9.30. The molecule has 2 N–H and O–H groups in total. The largest absolute Gasteiger partial charge is 0.479 e. The van der Waals surface area contributed by atoms with E-state index >= 15 is 0 Å². The molecule has 0 bridgehead atoms. The number of halogens is 1. The second-order valence-corrected chi connectivity index (χ2v) is 7.42. The van der Waals surface area contributed by atoms with Crippen LogP contribution in [0.25, 0.3) is 0 Å². The number of nitrogens with zero attached hydrogens (tertiary/aromatic N) is 2. The van der Waals surface area contributed by atoms with Crippen molar-refractivity contribution in [3.05, 3.63) is 22.2 Å². The monoisotopic (exact) mass is 513 g/mol. The lowest BCUT2D eigenvalue weighted by atomic mass is 10.1. The second-order valence-electron chi connectivity index (χ2n) is 6.57. The van der Waals surface area contributed by atoms with Gasteiger partial charge in [0.15, 0.2) is 17.5 Å². The Labute approximate surface area is 190 Å². The zero-order chi connectivity index (χ0) is 24.2. The molecule has 4 amide bonds. The van der Waals surface area contributed by atoms with Gasteiger partial charge in [0.2, 0.25) is 0 Å². The lowest BCUT2D eigenvalue weighted by molar-refractivity contribution is -0.153. The predicted molar refractivity (Wildman–Crippen MR) is 110 cm³/mol. The number of carbonyl (C=O) groups is 6. The maximum absolute atomic E-state index is 12.6. The summed E-state index contributed by atoms with van der Waals surface area (Å²) in [6, 6.07) is -0.488. The first-order valence-corrected chi connectivity index (χ1v) is 10.1. The van der Waals surface area contributed by atoms with Crippen LogP contribution in [0, 0.1) is 0 Å². The highest BCUT2D eigenvalue weighted by atomic mass is 79.9. The van der Waals surface area contributed by atoms with Crippen LogP contribution in [0.3, 0.4) is 0 Å². The molecule has 172 valence electrons. The average Bonchev–Trinajstić information content (AvgIpc) is 2.69. The van der Waals surface area contributed by atoms with Gasteiger partial charge in [0, 0.05) is 43.5 Å². The van der Waals surface area contributed by atoms with Crippen LogP contribution in [0.1, 0.15) is 32.4 Å². The molecule has 1 unspecified atom stereocenters. The number of imide groups is 1. The van der Waals surface area contributed by atoms with Gasteiger partial charge in [-0.05, 0) is 19.1 Å². The van der Waals surface area contributed by atoms with Crippen molar-refractivity contribution in [3.63, 3.8) is 0 Å². The van der Waals surface area contributed by atoms with E-state index in [1.54, 1.807) is 6.92 Å². The zero-order valence-electron chi connectivity index (χ0n) is 17.3. The molecule has 0 spiro atoms. The summed E-state index contributed by atoms with van der Waals surface area (Å²) < 4.78 is 10.1. The molecular formula is C19H20BrN3O9. The number of esters is 2. The Morgan fingerprint density at radius 3 is 2.12 bits per heavy atom. The second kappa shape index (κ2) is 10.2. The third kappa shape index (κ3) is 5.60. The Morgan fingerprint density at radius 1 is 1.06 bits per heavy atom. The molecule has 1 heterocycles. The fourth-order valence-corrected chi connectivity index (χ4v) is 3.44. The van der Waals surface area contributed by atoms with Crippen LogP contribution in [0.5, 0.6) is 11.5 Å². The Morgan fingerprint density at radius 2 is 1.62 bits per heavy atom. The molecule has 13 heteroatoms. The Balaban J connectivity index is 2.37. The Kier molecular flexibility index (Phi) is 7.92. The quantitative estimate of drug-likeness (QED) is 0.318. The van der Waals surface area contributed by atoms with Gasteiger partial charge >= 0.3 is 35.8 Å². The van der Waals surface area contributed by atoms with E-state index in [1.165, 1.54) is 11.0 Å². The number of benzene rings is 1. The summed E-state index contributed by atoms with van der Waals surface area (Å²) in [7, 11) is 0. The molecular weight excluding hydrogens is 494 g/mol. The number of hydrogen-bond donors (Lipinski definition) is 2.